The third-order valence-corrected chi connectivity index (χ3v) is 4.89. The second-order valence-corrected chi connectivity index (χ2v) is 7.19. The first-order valence-corrected chi connectivity index (χ1v) is 8.83. The largest absolute Gasteiger partial charge is 0.349 e. The lowest BCUT2D eigenvalue weighted by molar-refractivity contribution is 0.0951. The van der Waals surface area contributed by atoms with Crippen LogP contribution in [0.3, 0.4) is 0 Å². The van der Waals surface area contributed by atoms with E-state index in [0.29, 0.717) is 11.3 Å². The molecular weight excluding hydrogens is 314 g/mol. The Morgan fingerprint density at radius 2 is 2.00 bits per heavy atom. The fourth-order valence-electron chi connectivity index (χ4n) is 2.06. The molecule has 0 saturated heterocycles. The van der Waals surface area contributed by atoms with E-state index in [1.54, 1.807) is 36.5 Å². The van der Waals surface area contributed by atoms with Crippen molar-refractivity contribution in [3.8, 4) is 0 Å². The third kappa shape index (κ3) is 4.14. The summed E-state index contributed by atoms with van der Waals surface area (Å²) in [5.41, 5.74) is 0.969. The molecule has 1 aromatic carbocycles. The highest BCUT2D eigenvalue weighted by Gasteiger charge is 2.24. The predicted molar refractivity (Wildman–Crippen MR) is 85.2 cm³/mol. The number of pyridine rings is 1. The molecule has 2 aromatic rings. The van der Waals surface area contributed by atoms with E-state index in [4.69, 9.17) is 0 Å². The number of carbonyl (C=O) groups is 1. The van der Waals surface area contributed by atoms with Gasteiger partial charge in [0.2, 0.25) is 10.0 Å². The van der Waals surface area contributed by atoms with Crippen LogP contribution in [0, 0.1) is 0 Å². The summed E-state index contributed by atoms with van der Waals surface area (Å²) in [6.45, 7) is 0.0989. The van der Waals surface area contributed by atoms with Gasteiger partial charge in [0, 0.05) is 17.8 Å². The van der Waals surface area contributed by atoms with Crippen LogP contribution >= 0.6 is 0 Å². The van der Waals surface area contributed by atoms with E-state index in [-0.39, 0.29) is 23.4 Å². The van der Waals surface area contributed by atoms with Gasteiger partial charge in [-0.05, 0) is 43.2 Å². The molecule has 0 aliphatic heterocycles. The highest BCUT2D eigenvalue weighted by Crippen LogP contribution is 2.20. The fraction of sp³-hybridized carbons (Fsp3) is 0.250. The lowest BCUT2D eigenvalue weighted by atomic mass is 10.2. The molecule has 6 nitrogen and oxygen atoms in total. The number of amides is 1. The second kappa shape index (κ2) is 6.47. The molecule has 1 aliphatic carbocycles. The number of hydrogen-bond donors (Lipinski definition) is 2. The highest BCUT2D eigenvalue weighted by molar-refractivity contribution is 7.89. The van der Waals surface area contributed by atoms with Crippen molar-refractivity contribution in [1.82, 2.24) is 15.0 Å². The number of nitrogens with one attached hydrogen (secondary N) is 2. The van der Waals surface area contributed by atoms with Crippen molar-refractivity contribution in [2.45, 2.75) is 30.3 Å². The van der Waals surface area contributed by atoms with Gasteiger partial charge in [-0.2, -0.15) is 0 Å². The Hall–Kier alpha value is -2.25. The van der Waals surface area contributed by atoms with Gasteiger partial charge in [-0.3, -0.25) is 9.78 Å². The van der Waals surface area contributed by atoms with Gasteiger partial charge in [0.1, 0.15) is 0 Å². The molecule has 1 saturated carbocycles. The van der Waals surface area contributed by atoms with Crippen molar-refractivity contribution < 1.29 is 13.2 Å². The standard InChI is InChI=1S/C16H17N3O3S/c20-16(19-13-7-8-13)12-4-3-6-15(10-12)23(21,22)18-11-14-5-1-2-9-17-14/h1-6,9-10,13,18H,7-8,11H2,(H,19,20). The van der Waals surface area contributed by atoms with Crippen LogP contribution in [0.25, 0.3) is 0 Å². The Bertz CT molecular complexity index is 802. The normalized spacial score (nSPS) is 14.4. The first-order valence-electron chi connectivity index (χ1n) is 7.35. The van der Waals surface area contributed by atoms with Crippen LogP contribution in [-0.2, 0) is 16.6 Å². The lowest BCUT2D eigenvalue weighted by Crippen LogP contribution is -2.27. The average Bonchev–Trinajstić information content (AvgIpc) is 3.38. The monoisotopic (exact) mass is 331 g/mol. The number of sulfonamides is 1. The quantitative estimate of drug-likeness (QED) is 0.838. The second-order valence-electron chi connectivity index (χ2n) is 5.42. The van der Waals surface area contributed by atoms with Crippen molar-refractivity contribution >= 4 is 15.9 Å². The summed E-state index contributed by atoms with van der Waals surface area (Å²) < 4.78 is 27.2. The van der Waals surface area contributed by atoms with E-state index < -0.39 is 10.0 Å². The summed E-state index contributed by atoms with van der Waals surface area (Å²) in [7, 11) is -3.70. The zero-order chi connectivity index (χ0) is 16.3. The summed E-state index contributed by atoms with van der Waals surface area (Å²) >= 11 is 0. The number of nitrogens with zero attached hydrogens (tertiary/aromatic N) is 1. The van der Waals surface area contributed by atoms with E-state index in [0.717, 1.165) is 12.8 Å². The average molecular weight is 331 g/mol. The van der Waals surface area contributed by atoms with Gasteiger partial charge in [0.15, 0.2) is 0 Å². The first-order chi connectivity index (χ1) is 11.0. The lowest BCUT2D eigenvalue weighted by Gasteiger charge is -2.08. The minimum atomic E-state index is -3.70. The molecule has 7 heteroatoms. The van der Waals surface area contributed by atoms with Crippen molar-refractivity contribution in [1.29, 1.82) is 0 Å². The zero-order valence-electron chi connectivity index (χ0n) is 12.4. The minimum absolute atomic E-state index is 0.0666. The first kappa shape index (κ1) is 15.6. The maximum Gasteiger partial charge on any atom is 0.251 e. The molecule has 3 rings (SSSR count). The predicted octanol–water partition coefficient (Wildman–Crippen LogP) is 1.45. The Kier molecular flexibility index (Phi) is 4.40. The van der Waals surface area contributed by atoms with Crippen molar-refractivity contribution in [2.24, 2.45) is 0 Å². The molecule has 1 aromatic heterocycles. The highest BCUT2D eigenvalue weighted by atomic mass is 32.2. The number of carbonyl (C=O) groups excluding carboxylic acids is 1. The number of rotatable bonds is 6. The van der Waals surface area contributed by atoms with E-state index in [9.17, 15) is 13.2 Å². The molecule has 0 unspecified atom stereocenters. The molecular formula is C16H17N3O3S. The Morgan fingerprint density at radius 1 is 1.17 bits per heavy atom. The molecule has 2 N–H and O–H groups in total. The van der Waals surface area contributed by atoms with Crippen LogP contribution in [0.4, 0.5) is 0 Å². The van der Waals surface area contributed by atoms with Crippen LogP contribution in [0.2, 0.25) is 0 Å². The molecule has 1 fully saturated rings. The van der Waals surface area contributed by atoms with Gasteiger partial charge >= 0.3 is 0 Å². The van der Waals surface area contributed by atoms with Gasteiger partial charge < -0.3 is 5.32 Å². The maximum absolute atomic E-state index is 12.3. The van der Waals surface area contributed by atoms with Gasteiger partial charge in [-0.15, -0.1) is 0 Å². The fourth-order valence-corrected chi connectivity index (χ4v) is 3.10. The summed E-state index contributed by atoms with van der Waals surface area (Å²) in [4.78, 5) is 16.2. The molecule has 1 amide bonds. The van der Waals surface area contributed by atoms with Gasteiger partial charge in [0.25, 0.3) is 5.91 Å². The van der Waals surface area contributed by atoms with E-state index in [1.807, 2.05) is 0 Å². The smallest absolute Gasteiger partial charge is 0.251 e. The van der Waals surface area contributed by atoms with Crippen LogP contribution in [-0.4, -0.2) is 25.4 Å². The molecule has 0 bridgehead atoms. The van der Waals surface area contributed by atoms with E-state index in [2.05, 4.69) is 15.0 Å². The topological polar surface area (TPSA) is 88.2 Å². The minimum Gasteiger partial charge on any atom is -0.349 e. The van der Waals surface area contributed by atoms with Gasteiger partial charge in [0.05, 0.1) is 17.1 Å². The van der Waals surface area contributed by atoms with E-state index >= 15 is 0 Å². The van der Waals surface area contributed by atoms with Crippen molar-refractivity contribution in [3.05, 3.63) is 59.9 Å². The Labute approximate surface area is 135 Å². The summed E-state index contributed by atoms with van der Waals surface area (Å²) in [5, 5.41) is 2.84. The molecule has 120 valence electrons. The SMILES string of the molecule is O=C(NC1CC1)c1cccc(S(=O)(=O)NCc2ccccn2)c1. The van der Waals surface area contributed by atoms with Crippen molar-refractivity contribution in [2.75, 3.05) is 0 Å². The Morgan fingerprint density at radius 3 is 2.70 bits per heavy atom. The van der Waals surface area contributed by atoms with Crippen LogP contribution in [0.15, 0.2) is 53.6 Å². The number of aromatic nitrogens is 1. The molecule has 1 heterocycles. The summed E-state index contributed by atoms with van der Waals surface area (Å²) in [6, 6.07) is 11.5. The van der Waals surface area contributed by atoms with Crippen LogP contribution in [0.5, 0.6) is 0 Å². The maximum atomic E-state index is 12.3. The number of hydrogen-bond acceptors (Lipinski definition) is 4. The van der Waals surface area contributed by atoms with E-state index in [1.165, 1.54) is 12.1 Å². The zero-order valence-corrected chi connectivity index (χ0v) is 13.2. The molecule has 1 aliphatic rings. The van der Waals surface area contributed by atoms with Crippen LogP contribution < -0.4 is 10.0 Å². The molecule has 23 heavy (non-hydrogen) atoms. The summed E-state index contributed by atoms with van der Waals surface area (Å²) in [6.07, 6.45) is 3.57. The van der Waals surface area contributed by atoms with Crippen molar-refractivity contribution in [3.63, 3.8) is 0 Å². The molecule has 0 radical (unpaired) electrons. The molecule has 0 atom stereocenters. The van der Waals surface area contributed by atoms with Gasteiger partial charge in [-0.1, -0.05) is 12.1 Å². The van der Waals surface area contributed by atoms with Crippen LogP contribution in [0.1, 0.15) is 28.9 Å². The number of benzene rings is 1. The third-order valence-electron chi connectivity index (χ3n) is 3.49. The Balaban J connectivity index is 1.72. The van der Waals surface area contributed by atoms with Gasteiger partial charge in [-0.25, -0.2) is 13.1 Å². The molecule has 0 spiro atoms. The summed E-state index contributed by atoms with van der Waals surface area (Å²) in [5.74, 6) is -0.241.